The normalized spacial score (nSPS) is 14.6. The quantitative estimate of drug-likeness (QED) is 0.374. The van der Waals surface area contributed by atoms with Crippen molar-refractivity contribution < 1.29 is 8.95 Å². The van der Waals surface area contributed by atoms with E-state index < -0.39 is 10.8 Å². The number of pyridine rings is 1. The summed E-state index contributed by atoms with van der Waals surface area (Å²) in [7, 11) is -1.31. The van der Waals surface area contributed by atoms with Crippen molar-refractivity contribution in [3.05, 3.63) is 83.7 Å². The van der Waals surface area contributed by atoms with Gasteiger partial charge in [0, 0.05) is 30.9 Å². The Kier molecular flexibility index (Phi) is 6.51. The number of aromatic amines is 1. The molecule has 2 aromatic heterocycles. The molecule has 7 heteroatoms. The molecule has 1 atom stereocenters. The molecule has 1 fully saturated rings. The van der Waals surface area contributed by atoms with E-state index in [0.717, 1.165) is 41.1 Å². The van der Waals surface area contributed by atoms with Gasteiger partial charge in [0.15, 0.2) is 5.16 Å². The minimum absolute atomic E-state index is 0.297. The van der Waals surface area contributed by atoms with Crippen LogP contribution in [-0.4, -0.2) is 43.3 Å². The van der Waals surface area contributed by atoms with E-state index >= 15 is 0 Å². The zero-order valence-electron chi connectivity index (χ0n) is 18.7. The molecule has 1 unspecified atom stereocenters. The van der Waals surface area contributed by atoms with Gasteiger partial charge in [-0.2, -0.15) is 0 Å². The summed E-state index contributed by atoms with van der Waals surface area (Å²) in [5.41, 5.74) is 4.74. The molecule has 1 saturated carbocycles. The van der Waals surface area contributed by atoms with Crippen LogP contribution in [0.25, 0.3) is 11.0 Å². The number of benzene rings is 2. The fourth-order valence-electron chi connectivity index (χ4n) is 4.01. The van der Waals surface area contributed by atoms with E-state index in [1.165, 1.54) is 18.4 Å². The van der Waals surface area contributed by atoms with E-state index in [1.54, 1.807) is 6.20 Å². The van der Waals surface area contributed by atoms with Gasteiger partial charge in [-0.1, -0.05) is 42.5 Å². The smallest absolute Gasteiger partial charge is 0.197 e. The third kappa shape index (κ3) is 5.31. The number of hydrogen-bond donors (Lipinski definition) is 1. The molecule has 0 saturated heterocycles. The zero-order chi connectivity index (χ0) is 22.6. The van der Waals surface area contributed by atoms with Crippen LogP contribution in [0.2, 0.25) is 0 Å². The van der Waals surface area contributed by atoms with E-state index in [1.807, 2.05) is 37.3 Å². The third-order valence-electron chi connectivity index (χ3n) is 6.04. The summed E-state index contributed by atoms with van der Waals surface area (Å²) in [5, 5.41) is 0.477. The molecule has 0 spiro atoms. The lowest BCUT2D eigenvalue weighted by Crippen LogP contribution is -2.30. The predicted octanol–water partition coefficient (Wildman–Crippen LogP) is 4.62. The number of fused-ring (bicyclic) bond motifs is 1. The molecular weight excluding hydrogens is 432 g/mol. The summed E-state index contributed by atoms with van der Waals surface area (Å²) in [6.45, 7) is 4.42. The highest BCUT2D eigenvalue weighted by Gasteiger charge is 2.28. The van der Waals surface area contributed by atoms with Crippen LogP contribution in [0.1, 0.15) is 29.7 Å². The van der Waals surface area contributed by atoms with Gasteiger partial charge >= 0.3 is 0 Å². The first-order valence-electron chi connectivity index (χ1n) is 11.4. The molecule has 0 amide bonds. The topological polar surface area (TPSA) is 71.1 Å². The summed E-state index contributed by atoms with van der Waals surface area (Å²) >= 11 is 0. The second kappa shape index (κ2) is 9.85. The van der Waals surface area contributed by atoms with Gasteiger partial charge in [-0.15, -0.1) is 0 Å². The number of nitrogens with zero attached hydrogens (tertiary/aromatic N) is 3. The number of rotatable bonds is 10. The van der Waals surface area contributed by atoms with Crippen LogP contribution in [0.4, 0.5) is 0 Å². The Labute approximate surface area is 196 Å². The standard InChI is InChI=1S/C26H28N4O2S/c1-19-24(18-33(31)26-28-22-9-5-6-10-23(22)29-26)27-14-13-25(19)32-16-15-30(21-11-12-21)17-20-7-3-2-4-8-20/h2-10,13-14,21H,11-12,15-18H2,1H3,(H,28,29). The lowest BCUT2D eigenvalue weighted by molar-refractivity contribution is 0.194. The third-order valence-corrected chi connectivity index (χ3v) is 7.20. The largest absolute Gasteiger partial charge is 0.492 e. The number of imidazole rings is 1. The maximum atomic E-state index is 12.9. The average molecular weight is 461 g/mol. The molecule has 1 aliphatic rings. The highest BCUT2D eigenvalue weighted by molar-refractivity contribution is 7.84. The van der Waals surface area contributed by atoms with Crippen molar-refractivity contribution in [3.63, 3.8) is 0 Å². The number of para-hydroxylation sites is 2. The van der Waals surface area contributed by atoms with Gasteiger partial charge in [-0.25, -0.2) is 4.98 Å². The van der Waals surface area contributed by atoms with Crippen LogP contribution in [0.5, 0.6) is 5.75 Å². The van der Waals surface area contributed by atoms with E-state index in [-0.39, 0.29) is 0 Å². The van der Waals surface area contributed by atoms with E-state index in [2.05, 4.69) is 50.2 Å². The van der Waals surface area contributed by atoms with E-state index in [0.29, 0.717) is 23.6 Å². The number of aromatic nitrogens is 3. The molecule has 0 bridgehead atoms. The van der Waals surface area contributed by atoms with Crippen LogP contribution >= 0.6 is 0 Å². The van der Waals surface area contributed by atoms with Gasteiger partial charge in [0.25, 0.3) is 0 Å². The average Bonchev–Trinajstić information content (AvgIpc) is 3.59. The number of nitrogens with one attached hydrogen (secondary N) is 1. The van der Waals surface area contributed by atoms with Crippen molar-refractivity contribution in [1.29, 1.82) is 0 Å². The fourth-order valence-corrected chi connectivity index (χ4v) is 5.11. The molecule has 1 N–H and O–H groups in total. The summed E-state index contributed by atoms with van der Waals surface area (Å²) < 4.78 is 19.1. The van der Waals surface area contributed by atoms with Gasteiger partial charge in [0.1, 0.15) is 12.4 Å². The lowest BCUT2D eigenvalue weighted by atomic mass is 10.2. The first kappa shape index (κ1) is 21.8. The Morgan fingerprint density at radius 3 is 2.67 bits per heavy atom. The molecule has 2 aromatic carbocycles. The van der Waals surface area contributed by atoms with Crippen molar-refractivity contribution in [2.24, 2.45) is 0 Å². The van der Waals surface area contributed by atoms with Crippen LogP contribution in [0.3, 0.4) is 0 Å². The van der Waals surface area contributed by atoms with Crippen LogP contribution in [0, 0.1) is 6.92 Å². The van der Waals surface area contributed by atoms with E-state index in [4.69, 9.17) is 4.74 Å². The van der Waals surface area contributed by atoms with E-state index in [9.17, 15) is 4.21 Å². The highest BCUT2D eigenvalue weighted by Crippen LogP contribution is 2.28. The fraction of sp³-hybridized carbons (Fsp3) is 0.308. The molecule has 0 aliphatic heterocycles. The first-order chi connectivity index (χ1) is 16.2. The first-order valence-corrected chi connectivity index (χ1v) is 12.7. The number of hydrogen-bond acceptors (Lipinski definition) is 5. The minimum Gasteiger partial charge on any atom is -0.492 e. The van der Waals surface area contributed by atoms with Gasteiger partial charge < -0.3 is 9.72 Å². The predicted molar refractivity (Wildman–Crippen MR) is 131 cm³/mol. The van der Waals surface area contributed by atoms with Crippen molar-refractivity contribution >= 4 is 21.8 Å². The molecule has 2 heterocycles. The molecule has 4 aromatic rings. The lowest BCUT2D eigenvalue weighted by Gasteiger charge is -2.22. The van der Waals surface area contributed by atoms with Crippen molar-refractivity contribution in [2.45, 2.75) is 43.3 Å². The maximum Gasteiger partial charge on any atom is 0.197 e. The Morgan fingerprint density at radius 1 is 1.09 bits per heavy atom. The van der Waals surface area contributed by atoms with Gasteiger partial charge in [0.2, 0.25) is 0 Å². The Morgan fingerprint density at radius 2 is 1.88 bits per heavy atom. The van der Waals surface area contributed by atoms with Crippen LogP contribution in [0.15, 0.2) is 72.0 Å². The Balaban J connectivity index is 1.21. The summed E-state index contributed by atoms with van der Waals surface area (Å²) in [5.74, 6) is 1.10. The number of ether oxygens (including phenoxy) is 1. The molecular formula is C26H28N4O2S. The Hall–Kier alpha value is -3.03. The van der Waals surface area contributed by atoms with Crippen molar-refractivity contribution in [3.8, 4) is 5.75 Å². The van der Waals surface area contributed by atoms with Crippen LogP contribution in [-0.2, 0) is 23.1 Å². The van der Waals surface area contributed by atoms with Gasteiger partial charge in [0.05, 0.1) is 33.3 Å². The minimum atomic E-state index is -1.31. The Bertz CT molecular complexity index is 1220. The molecule has 1 aliphatic carbocycles. The van der Waals surface area contributed by atoms with Gasteiger partial charge in [-0.05, 0) is 43.5 Å². The van der Waals surface area contributed by atoms with Gasteiger partial charge in [-0.3, -0.25) is 14.1 Å². The molecule has 5 rings (SSSR count). The summed E-state index contributed by atoms with van der Waals surface area (Å²) in [6.07, 6.45) is 4.26. The zero-order valence-corrected chi connectivity index (χ0v) is 19.6. The second-order valence-corrected chi connectivity index (χ2v) is 9.83. The summed E-state index contributed by atoms with van der Waals surface area (Å²) in [6, 6.07) is 20.8. The number of H-pyrrole nitrogens is 1. The highest BCUT2D eigenvalue weighted by atomic mass is 32.2. The molecule has 170 valence electrons. The van der Waals surface area contributed by atoms with Crippen molar-refractivity contribution in [1.82, 2.24) is 19.9 Å². The van der Waals surface area contributed by atoms with Crippen LogP contribution < -0.4 is 4.74 Å². The summed E-state index contributed by atoms with van der Waals surface area (Å²) in [4.78, 5) is 14.6. The molecule has 6 nitrogen and oxygen atoms in total. The second-order valence-electron chi connectivity index (χ2n) is 8.47. The maximum absolute atomic E-state index is 12.9. The molecule has 33 heavy (non-hydrogen) atoms. The monoisotopic (exact) mass is 460 g/mol. The van der Waals surface area contributed by atoms with Crippen molar-refractivity contribution in [2.75, 3.05) is 13.2 Å². The molecule has 0 radical (unpaired) electrons. The SMILES string of the molecule is Cc1c(OCCN(Cc2ccccc2)C2CC2)ccnc1CS(=O)c1nc2ccccc2[nH]1.